The maximum Gasteiger partial charge on any atom is 0.0842 e. The van der Waals surface area contributed by atoms with E-state index in [1.807, 2.05) is 13.2 Å². The van der Waals surface area contributed by atoms with Crippen LogP contribution < -0.4 is 5.32 Å². The summed E-state index contributed by atoms with van der Waals surface area (Å²) in [5.74, 6) is 0.979. The Hall–Kier alpha value is -0.900. The van der Waals surface area contributed by atoms with Gasteiger partial charge in [-0.05, 0) is 31.7 Å². The summed E-state index contributed by atoms with van der Waals surface area (Å²) in [6.45, 7) is 3.33. The molecule has 1 atom stereocenters. The number of aryl methyl sites for hydroxylation is 1. The fraction of sp³-hybridized carbons (Fsp3) is 0.867. The van der Waals surface area contributed by atoms with E-state index in [-0.39, 0.29) is 0 Å². The molecule has 4 heteroatoms. The van der Waals surface area contributed by atoms with E-state index in [2.05, 4.69) is 22.6 Å². The molecule has 0 spiro atoms. The van der Waals surface area contributed by atoms with Crippen LogP contribution in [0.5, 0.6) is 0 Å². The van der Waals surface area contributed by atoms with Gasteiger partial charge >= 0.3 is 0 Å². The summed E-state index contributed by atoms with van der Waals surface area (Å²) in [5.41, 5.74) is 1.11. The minimum atomic E-state index is 0.567. The van der Waals surface area contributed by atoms with Gasteiger partial charge < -0.3 is 5.32 Å². The molecule has 108 valence electrons. The van der Waals surface area contributed by atoms with Gasteiger partial charge in [0.15, 0.2) is 0 Å². The number of aromatic nitrogens is 3. The van der Waals surface area contributed by atoms with Gasteiger partial charge in [0, 0.05) is 25.7 Å². The van der Waals surface area contributed by atoms with E-state index in [0.717, 1.165) is 24.6 Å². The number of nitrogens with one attached hydrogen (secondary N) is 1. The van der Waals surface area contributed by atoms with Crippen LogP contribution >= 0.6 is 0 Å². The largest absolute Gasteiger partial charge is 0.314 e. The van der Waals surface area contributed by atoms with E-state index < -0.39 is 0 Å². The van der Waals surface area contributed by atoms with Crippen molar-refractivity contribution in [2.45, 2.75) is 64.3 Å². The molecule has 0 aromatic carbocycles. The van der Waals surface area contributed by atoms with Crippen molar-refractivity contribution in [1.29, 1.82) is 0 Å². The Bertz CT molecular complexity index is 355. The van der Waals surface area contributed by atoms with E-state index >= 15 is 0 Å². The first-order chi connectivity index (χ1) is 9.28. The highest BCUT2D eigenvalue weighted by Crippen LogP contribution is 2.29. The van der Waals surface area contributed by atoms with Gasteiger partial charge in [-0.3, -0.25) is 4.68 Å². The molecule has 1 heterocycles. The molecule has 1 aromatic rings. The lowest BCUT2D eigenvalue weighted by molar-refractivity contribution is 0.400. The molecule has 1 unspecified atom stereocenters. The van der Waals surface area contributed by atoms with E-state index in [0.29, 0.717) is 6.04 Å². The topological polar surface area (TPSA) is 42.7 Å². The van der Waals surface area contributed by atoms with Gasteiger partial charge in [-0.1, -0.05) is 37.8 Å². The first-order valence-electron chi connectivity index (χ1n) is 7.86. The minimum Gasteiger partial charge on any atom is -0.314 e. The molecular weight excluding hydrogens is 236 g/mol. The molecule has 0 amide bonds. The average molecular weight is 264 g/mol. The minimum absolute atomic E-state index is 0.567. The maximum absolute atomic E-state index is 4.22. The molecule has 0 bridgehead atoms. The van der Waals surface area contributed by atoms with E-state index in [4.69, 9.17) is 0 Å². The Morgan fingerprint density at radius 3 is 2.84 bits per heavy atom. The summed E-state index contributed by atoms with van der Waals surface area (Å²) >= 11 is 0. The molecule has 1 aromatic heterocycles. The Labute approximate surface area is 117 Å². The highest BCUT2D eigenvalue weighted by atomic mass is 15.4. The molecule has 1 aliphatic rings. The SMILES string of the molecule is CCCNC(CCC1CCCC1)Cc1cn(C)nn1. The fourth-order valence-corrected chi connectivity index (χ4v) is 3.10. The van der Waals surface area contributed by atoms with Crippen LogP contribution in [-0.2, 0) is 13.5 Å². The molecular formula is C15H28N4. The first-order valence-corrected chi connectivity index (χ1v) is 7.86. The number of rotatable bonds is 8. The van der Waals surface area contributed by atoms with Crippen molar-refractivity contribution in [2.24, 2.45) is 13.0 Å². The van der Waals surface area contributed by atoms with E-state index in [1.165, 1.54) is 44.9 Å². The molecule has 2 rings (SSSR count). The van der Waals surface area contributed by atoms with Crippen LogP contribution in [0, 0.1) is 5.92 Å². The molecule has 0 radical (unpaired) electrons. The third-order valence-electron chi connectivity index (χ3n) is 4.19. The van der Waals surface area contributed by atoms with Gasteiger partial charge in [0.25, 0.3) is 0 Å². The third kappa shape index (κ3) is 4.94. The standard InChI is InChI=1S/C15H28N4/c1-3-10-16-14(9-8-13-6-4-5-7-13)11-15-12-19(2)18-17-15/h12-14,16H,3-11H2,1-2H3. The smallest absolute Gasteiger partial charge is 0.0842 e. The van der Waals surface area contributed by atoms with Gasteiger partial charge in [-0.25, -0.2) is 0 Å². The molecule has 0 saturated heterocycles. The van der Waals surface area contributed by atoms with Gasteiger partial charge in [-0.2, -0.15) is 0 Å². The van der Waals surface area contributed by atoms with Crippen molar-refractivity contribution in [1.82, 2.24) is 20.3 Å². The van der Waals surface area contributed by atoms with Crippen molar-refractivity contribution in [3.63, 3.8) is 0 Å². The number of nitrogens with zero attached hydrogens (tertiary/aromatic N) is 3. The molecule has 4 nitrogen and oxygen atoms in total. The zero-order chi connectivity index (χ0) is 13.5. The van der Waals surface area contributed by atoms with Crippen molar-refractivity contribution < 1.29 is 0 Å². The van der Waals surface area contributed by atoms with Crippen LogP contribution in [-0.4, -0.2) is 27.6 Å². The van der Waals surface area contributed by atoms with E-state index in [9.17, 15) is 0 Å². The van der Waals surface area contributed by atoms with Crippen LogP contribution in [0.15, 0.2) is 6.20 Å². The second-order valence-electron chi connectivity index (χ2n) is 5.97. The average Bonchev–Trinajstić information content (AvgIpc) is 3.04. The summed E-state index contributed by atoms with van der Waals surface area (Å²) in [7, 11) is 1.93. The van der Waals surface area contributed by atoms with Crippen LogP contribution in [0.1, 0.15) is 57.6 Å². The Balaban J connectivity index is 1.79. The summed E-state index contributed by atoms with van der Waals surface area (Å²) < 4.78 is 1.79. The normalized spacial score (nSPS) is 18.0. The fourth-order valence-electron chi connectivity index (χ4n) is 3.10. The second kappa shape index (κ2) is 7.63. The molecule has 1 fully saturated rings. The molecule has 1 saturated carbocycles. The molecule has 1 aliphatic carbocycles. The summed E-state index contributed by atoms with van der Waals surface area (Å²) in [6, 6.07) is 0.567. The van der Waals surface area contributed by atoms with Crippen molar-refractivity contribution in [3.05, 3.63) is 11.9 Å². The molecule has 19 heavy (non-hydrogen) atoms. The second-order valence-corrected chi connectivity index (χ2v) is 5.97. The van der Waals surface area contributed by atoms with Gasteiger partial charge in [-0.15, -0.1) is 5.10 Å². The lowest BCUT2D eigenvalue weighted by Crippen LogP contribution is -2.32. The highest BCUT2D eigenvalue weighted by molar-refractivity contribution is 4.96. The van der Waals surface area contributed by atoms with Crippen LogP contribution in [0.3, 0.4) is 0 Å². The summed E-state index contributed by atoms with van der Waals surface area (Å²) in [5, 5.41) is 11.9. The van der Waals surface area contributed by atoms with Crippen LogP contribution in [0.25, 0.3) is 0 Å². The Morgan fingerprint density at radius 1 is 1.42 bits per heavy atom. The third-order valence-corrected chi connectivity index (χ3v) is 4.19. The van der Waals surface area contributed by atoms with Crippen molar-refractivity contribution >= 4 is 0 Å². The van der Waals surface area contributed by atoms with Crippen molar-refractivity contribution in [2.75, 3.05) is 6.54 Å². The molecule has 0 aliphatic heterocycles. The quantitative estimate of drug-likeness (QED) is 0.785. The van der Waals surface area contributed by atoms with Gasteiger partial charge in [0.05, 0.1) is 5.69 Å². The van der Waals surface area contributed by atoms with Crippen molar-refractivity contribution in [3.8, 4) is 0 Å². The first kappa shape index (κ1) is 14.5. The zero-order valence-corrected chi connectivity index (χ0v) is 12.4. The van der Waals surface area contributed by atoms with Crippen LogP contribution in [0.4, 0.5) is 0 Å². The number of hydrogen-bond acceptors (Lipinski definition) is 3. The van der Waals surface area contributed by atoms with Gasteiger partial charge in [0.1, 0.15) is 0 Å². The number of hydrogen-bond donors (Lipinski definition) is 1. The predicted molar refractivity (Wildman–Crippen MR) is 78.0 cm³/mol. The predicted octanol–water partition coefficient (Wildman–Crippen LogP) is 2.70. The zero-order valence-electron chi connectivity index (χ0n) is 12.4. The highest BCUT2D eigenvalue weighted by Gasteiger charge is 2.18. The Morgan fingerprint density at radius 2 is 2.21 bits per heavy atom. The maximum atomic E-state index is 4.22. The summed E-state index contributed by atoms with van der Waals surface area (Å²) in [6.07, 6.45) is 12.7. The van der Waals surface area contributed by atoms with Gasteiger partial charge in [0.2, 0.25) is 0 Å². The Kier molecular flexibility index (Phi) is 5.83. The monoisotopic (exact) mass is 264 g/mol. The lowest BCUT2D eigenvalue weighted by atomic mass is 9.96. The van der Waals surface area contributed by atoms with E-state index in [1.54, 1.807) is 4.68 Å². The lowest BCUT2D eigenvalue weighted by Gasteiger charge is -2.19. The molecule has 1 N–H and O–H groups in total. The van der Waals surface area contributed by atoms with Crippen LogP contribution in [0.2, 0.25) is 0 Å². The summed E-state index contributed by atoms with van der Waals surface area (Å²) in [4.78, 5) is 0.